The van der Waals surface area contributed by atoms with Gasteiger partial charge < -0.3 is 19.6 Å². The third-order valence-electron chi connectivity index (χ3n) is 2.88. The second-order valence-corrected chi connectivity index (χ2v) is 3.85. The highest BCUT2D eigenvalue weighted by Gasteiger charge is 2.42. The second-order valence-electron chi connectivity index (χ2n) is 3.85. The maximum Gasteiger partial charge on any atom is 0.339 e. The highest BCUT2D eigenvalue weighted by molar-refractivity contribution is 5.94. The van der Waals surface area contributed by atoms with Gasteiger partial charge in [0.2, 0.25) is 5.88 Å². The molecule has 2 aliphatic rings. The van der Waals surface area contributed by atoms with Crippen LogP contribution in [0, 0.1) is 11.3 Å². The van der Waals surface area contributed by atoms with Gasteiger partial charge in [0.15, 0.2) is 5.76 Å². The zero-order valence-electron chi connectivity index (χ0n) is 9.17. The Labute approximate surface area is 102 Å². The van der Waals surface area contributed by atoms with E-state index in [1.807, 2.05) is 6.07 Å². The van der Waals surface area contributed by atoms with Crippen molar-refractivity contribution < 1.29 is 18.7 Å². The van der Waals surface area contributed by atoms with Crippen LogP contribution in [0.2, 0.25) is 0 Å². The van der Waals surface area contributed by atoms with Crippen LogP contribution in [0.1, 0.15) is 11.7 Å². The molecule has 0 saturated carbocycles. The van der Waals surface area contributed by atoms with Crippen LogP contribution in [-0.2, 0) is 14.3 Å². The Hall–Kier alpha value is -2.68. The van der Waals surface area contributed by atoms with Crippen molar-refractivity contribution in [1.82, 2.24) is 0 Å². The Morgan fingerprint density at radius 1 is 1.50 bits per heavy atom. The molecule has 0 aromatic carbocycles. The number of rotatable bonds is 1. The standard InChI is InChI=1S/C12H8N2O4/c13-4-6-9(7-2-1-3-16-7)10-8(18-11(6)14)5-17-12(10)15/h1-3,9H,5,14H2/t9-/m0/s1. The lowest BCUT2D eigenvalue weighted by atomic mass is 9.87. The van der Waals surface area contributed by atoms with E-state index < -0.39 is 11.9 Å². The van der Waals surface area contributed by atoms with Gasteiger partial charge in [-0.15, -0.1) is 0 Å². The number of carbonyl (C=O) groups excluding carboxylic acids is 1. The van der Waals surface area contributed by atoms with E-state index >= 15 is 0 Å². The normalized spacial score (nSPS) is 22.4. The van der Waals surface area contributed by atoms with Crippen molar-refractivity contribution in [1.29, 1.82) is 5.26 Å². The monoisotopic (exact) mass is 244 g/mol. The molecule has 2 aliphatic heterocycles. The first kappa shape index (κ1) is 10.5. The molecule has 0 radical (unpaired) electrons. The minimum Gasteiger partial charge on any atom is -0.468 e. The van der Waals surface area contributed by atoms with Gasteiger partial charge >= 0.3 is 5.97 Å². The molecule has 18 heavy (non-hydrogen) atoms. The summed E-state index contributed by atoms with van der Waals surface area (Å²) in [5, 5.41) is 9.15. The number of furan rings is 1. The lowest BCUT2D eigenvalue weighted by Crippen LogP contribution is -2.21. The molecule has 1 atom stereocenters. The van der Waals surface area contributed by atoms with Gasteiger partial charge in [-0.3, -0.25) is 0 Å². The van der Waals surface area contributed by atoms with Gasteiger partial charge in [-0.25, -0.2) is 4.79 Å². The minimum atomic E-state index is -0.649. The lowest BCUT2D eigenvalue weighted by Gasteiger charge is -2.21. The van der Waals surface area contributed by atoms with Crippen molar-refractivity contribution in [3.63, 3.8) is 0 Å². The number of allylic oxidation sites excluding steroid dienone is 1. The molecule has 3 heterocycles. The molecular formula is C12H8N2O4. The molecule has 90 valence electrons. The average Bonchev–Trinajstić information content (AvgIpc) is 2.98. The van der Waals surface area contributed by atoms with Crippen LogP contribution in [-0.4, -0.2) is 12.6 Å². The largest absolute Gasteiger partial charge is 0.468 e. The molecule has 0 saturated heterocycles. The van der Waals surface area contributed by atoms with Crippen LogP contribution in [0.5, 0.6) is 0 Å². The number of nitrogens with zero attached hydrogens (tertiary/aromatic N) is 1. The number of nitriles is 1. The Bertz CT molecular complexity index is 619. The van der Waals surface area contributed by atoms with Crippen LogP contribution in [0.15, 0.2) is 45.6 Å². The summed E-state index contributed by atoms with van der Waals surface area (Å²) in [5.74, 6) is -0.367. The van der Waals surface area contributed by atoms with Crippen molar-refractivity contribution in [3.8, 4) is 6.07 Å². The third kappa shape index (κ3) is 1.31. The van der Waals surface area contributed by atoms with Gasteiger partial charge in [-0.2, -0.15) is 5.26 Å². The number of hydrogen-bond acceptors (Lipinski definition) is 6. The predicted molar refractivity (Wildman–Crippen MR) is 57.3 cm³/mol. The van der Waals surface area contributed by atoms with E-state index in [0.717, 1.165) is 0 Å². The average molecular weight is 244 g/mol. The topological polar surface area (TPSA) is 98.5 Å². The van der Waals surface area contributed by atoms with Crippen molar-refractivity contribution in [2.24, 2.45) is 5.73 Å². The molecule has 6 nitrogen and oxygen atoms in total. The zero-order valence-corrected chi connectivity index (χ0v) is 9.17. The number of hydrogen-bond donors (Lipinski definition) is 1. The predicted octanol–water partition coefficient (Wildman–Crippen LogP) is 0.898. The van der Waals surface area contributed by atoms with E-state index in [1.165, 1.54) is 6.26 Å². The van der Waals surface area contributed by atoms with E-state index in [2.05, 4.69) is 0 Å². The number of nitrogens with two attached hydrogens (primary N) is 1. The van der Waals surface area contributed by atoms with E-state index in [4.69, 9.17) is 24.9 Å². The molecule has 0 aliphatic carbocycles. The van der Waals surface area contributed by atoms with Gasteiger partial charge in [0, 0.05) is 0 Å². The lowest BCUT2D eigenvalue weighted by molar-refractivity contribution is -0.136. The van der Waals surface area contributed by atoms with Crippen LogP contribution in [0.4, 0.5) is 0 Å². The number of ether oxygens (including phenoxy) is 2. The van der Waals surface area contributed by atoms with Crippen LogP contribution < -0.4 is 5.73 Å². The number of esters is 1. The first-order chi connectivity index (χ1) is 8.72. The minimum absolute atomic E-state index is 0.0176. The summed E-state index contributed by atoms with van der Waals surface area (Å²) in [5.41, 5.74) is 6.12. The number of carbonyl (C=O) groups is 1. The second kappa shape index (κ2) is 3.67. The summed E-state index contributed by atoms with van der Waals surface area (Å²) in [6.45, 7) is 0.0325. The van der Waals surface area contributed by atoms with Gasteiger partial charge in [-0.1, -0.05) is 0 Å². The van der Waals surface area contributed by atoms with Crippen LogP contribution >= 0.6 is 0 Å². The summed E-state index contributed by atoms with van der Waals surface area (Å²) < 4.78 is 15.4. The molecule has 0 amide bonds. The summed E-state index contributed by atoms with van der Waals surface area (Å²) in [4.78, 5) is 11.7. The molecule has 0 spiro atoms. The quantitative estimate of drug-likeness (QED) is 0.737. The van der Waals surface area contributed by atoms with E-state index in [9.17, 15) is 4.79 Å². The summed E-state index contributed by atoms with van der Waals surface area (Å²) in [6, 6.07) is 5.31. The maximum atomic E-state index is 11.7. The molecular weight excluding hydrogens is 236 g/mol. The van der Waals surface area contributed by atoms with Gasteiger partial charge in [0.25, 0.3) is 0 Å². The Balaban J connectivity index is 2.18. The third-order valence-corrected chi connectivity index (χ3v) is 2.88. The highest BCUT2D eigenvalue weighted by Crippen LogP contribution is 2.41. The molecule has 2 N–H and O–H groups in total. The Kier molecular flexibility index (Phi) is 2.13. The molecule has 0 bridgehead atoms. The highest BCUT2D eigenvalue weighted by atomic mass is 16.6. The number of cyclic esters (lactones) is 1. The molecule has 3 rings (SSSR count). The molecule has 0 fully saturated rings. The van der Waals surface area contributed by atoms with Crippen molar-refractivity contribution in [3.05, 3.63) is 46.9 Å². The first-order valence-corrected chi connectivity index (χ1v) is 5.23. The van der Waals surface area contributed by atoms with Crippen LogP contribution in [0.25, 0.3) is 0 Å². The van der Waals surface area contributed by atoms with Gasteiger partial charge in [0.05, 0.1) is 17.8 Å². The van der Waals surface area contributed by atoms with E-state index in [-0.39, 0.29) is 23.6 Å². The maximum absolute atomic E-state index is 11.7. The van der Waals surface area contributed by atoms with Crippen molar-refractivity contribution in [2.45, 2.75) is 5.92 Å². The Morgan fingerprint density at radius 2 is 2.33 bits per heavy atom. The smallest absolute Gasteiger partial charge is 0.339 e. The fourth-order valence-electron chi connectivity index (χ4n) is 2.10. The zero-order chi connectivity index (χ0) is 12.7. The fraction of sp³-hybridized carbons (Fsp3) is 0.167. The van der Waals surface area contributed by atoms with Gasteiger partial charge in [0.1, 0.15) is 24.0 Å². The Morgan fingerprint density at radius 3 is 3.00 bits per heavy atom. The van der Waals surface area contributed by atoms with Crippen molar-refractivity contribution in [2.75, 3.05) is 6.61 Å². The molecule has 1 aromatic heterocycles. The van der Waals surface area contributed by atoms with Crippen molar-refractivity contribution >= 4 is 5.97 Å². The van der Waals surface area contributed by atoms with Crippen LogP contribution in [0.3, 0.4) is 0 Å². The molecule has 1 aromatic rings. The van der Waals surface area contributed by atoms with E-state index in [0.29, 0.717) is 11.5 Å². The summed E-state index contributed by atoms with van der Waals surface area (Å²) in [6.07, 6.45) is 1.47. The van der Waals surface area contributed by atoms with E-state index in [1.54, 1.807) is 12.1 Å². The molecule has 6 heteroatoms. The summed E-state index contributed by atoms with van der Waals surface area (Å²) >= 11 is 0. The molecule has 0 unspecified atom stereocenters. The fourth-order valence-corrected chi connectivity index (χ4v) is 2.10. The SMILES string of the molecule is N#CC1=C(N)OC2=C(C(=O)OC2)[C@@H]1c1ccco1. The van der Waals surface area contributed by atoms with Gasteiger partial charge in [-0.05, 0) is 12.1 Å². The first-order valence-electron chi connectivity index (χ1n) is 5.23. The summed E-state index contributed by atoms with van der Waals surface area (Å²) in [7, 11) is 0.